The van der Waals surface area contributed by atoms with Gasteiger partial charge in [-0.1, -0.05) is 35.3 Å². The number of allylic oxidation sites excluding steroid dienone is 1. The van der Waals surface area contributed by atoms with Crippen molar-refractivity contribution in [3.8, 4) is 0 Å². The Kier molecular flexibility index (Phi) is 13.1. The number of hydrogen-bond donors (Lipinski definition) is 4. The molecule has 1 unspecified atom stereocenters. The molecule has 2 fully saturated rings. The van der Waals surface area contributed by atoms with E-state index in [0.29, 0.717) is 43.4 Å². The Bertz CT molecular complexity index is 1490. The number of nitrogens with two attached hydrogens (primary N) is 1. The quantitative estimate of drug-likeness (QED) is 0.0905. The van der Waals surface area contributed by atoms with E-state index in [1.165, 1.54) is 50.8 Å². The number of ether oxygens (including phenoxy) is 4. The third kappa shape index (κ3) is 8.41. The molecule has 0 amide bonds. The lowest BCUT2D eigenvalue weighted by Gasteiger charge is -2.42. The minimum Gasteiger partial charge on any atom is -0.478 e. The topological polar surface area (TPSA) is 184 Å². The molecule has 12 nitrogen and oxygen atoms in total. The average molecular weight is 710 g/mol. The van der Waals surface area contributed by atoms with Gasteiger partial charge in [-0.3, -0.25) is 0 Å². The van der Waals surface area contributed by atoms with Gasteiger partial charge in [0.05, 0.1) is 78.0 Å². The summed E-state index contributed by atoms with van der Waals surface area (Å²) in [4.78, 5) is 53.5. The van der Waals surface area contributed by atoms with Gasteiger partial charge in [-0.25, -0.2) is 19.2 Å². The Morgan fingerprint density at radius 3 is 2.25 bits per heavy atom. The summed E-state index contributed by atoms with van der Waals surface area (Å²) in [6.45, 7) is 1.98. The van der Waals surface area contributed by atoms with E-state index in [-0.39, 0.29) is 53.4 Å². The first kappa shape index (κ1) is 37.4. The zero-order chi connectivity index (χ0) is 35.0. The molecule has 4 rings (SSSR count). The van der Waals surface area contributed by atoms with Gasteiger partial charge in [-0.2, -0.15) is 0 Å². The van der Waals surface area contributed by atoms with Gasteiger partial charge in [-0.15, -0.1) is 0 Å². The van der Waals surface area contributed by atoms with Crippen molar-refractivity contribution in [2.75, 3.05) is 46.7 Å². The summed E-state index contributed by atoms with van der Waals surface area (Å²) in [5, 5.41) is 23.3. The van der Waals surface area contributed by atoms with Crippen LogP contribution in [0.2, 0.25) is 10.0 Å². The molecule has 48 heavy (non-hydrogen) atoms. The van der Waals surface area contributed by atoms with Crippen molar-refractivity contribution in [1.82, 2.24) is 5.32 Å². The molecule has 2 aliphatic carbocycles. The highest BCUT2D eigenvalue weighted by Gasteiger charge is 2.57. The van der Waals surface area contributed by atoms with Gasteiger partial charge in [0.25, 0.3) is 0 Å². The van der Waals surface area contributed by atoms with Crippen LogP contribution in [0.4, 0.5) is 0 Å². The summed E-state index contributed by atoms with van der Waals surface area (Å²) < 4.78 is 22.2. The van der Waals surface area contributed by atoms with Crippen molar-refractivity contribution in [3.05, 3.63) is 68.0 Å². The zero-order valence-electron chi connectivity index (χ0n) is 27.0. The lowest BCUT2D eigenvalue weighted by atomic mass is 9.61. The van der Waals surface area contributed by atoms with Crippen LogP contribution >= 0.6 is 23.2 Å². The highest BCUT2D eigenvalue weighted by molar-refractivity contribution is 6.42. The van der Waals surface area contributed by atoms with Crippen LogP contribution < -0.4 is 11.1 Å². The molecule has 1 heterocycles. The fraction of sp³-hybridized carbons (Fsp3) is 0.529. The molecule has 0 spiro atoms. The van der Waals surface area contributed by atoms with E-state index in [4.69, 9.17) is 47.9 Å². The van der Waals surface area contributed by atoms with Gasteiger partial charge in [0.15, 0.2) is 0 Å². The number of carboxylic acid groups (broad SMARTS) is 2. The summed E-state index contributed by atoms with van der Waals surface area (Å²) >= 11 is 13.2. The highest BCUT2D eigenvalue weighted by Crippen LogP contribution is 2.54. The predicted octanol–water partition coefficient (Wildman–Crippen LogP) is 4.38. The lowest BCUT2D eigenvalue weighted by molar-refractivity contribution is -0.141. The van der Waals surface area contributed by atoms with E-state index in [1.807, 2.05) is 0 Å². The average Bonchev–Trinajstić information content (AvgIpc) is 3.97. The third-order valence-corrected chi connectivity index (χ3v) is 9.69. The molecule has 0 bridgehead atoms. The molecule has 1 aliphatic heterocycles. The van der Waals surface area contributed by atoms with Crippen LogP contribution in [0, 0.1) is 17.8 Å². The fourth-order valence-electron chi connectivity index (χ4n) is 6.65. The number of aliphatic carboxylic acids is 2. The smallest absolute Gasteiger partial charge is 0.337 e. The molecule has 262 valence electrons. The van der Waals surface area contributed by atoms with Crippen LogP contribution in [-0.4, -0.2) is 80.8 Å². The van der Waals surface area contributed by atoms with Crippen molar-refractivity contribution in [3.63, 3.8) is 0 Å². The van der Waals surface area contributed by atoms with Crippen LogP contribution in [0.15, 0.2) is 52.4 Å². The largest absolute Gasteiger partial charge is 0.478 e. The second-order valence-corrected chi connectivity index (χ2v) is 12.9. The number of methoxy groups -OCH3 is 1. The maximum Gasteiger partial charge on any atom is 0.337 e. The molecule has 0 saturated heterocycles. The normalized spacial score (nSPS) is 19.8. The van der Waals surface area contributed by atoms with Crippen molar-refractivity contribution in [2.45, 2.75) is 50.9 Å². The molecule has 0 radical (unpaired) electrons. The van der Waals surface area contributed by atoms with E-state index in [0.717, 1.165) is 13.5 Å². The van der Waals surface area contributed by atoms with Crippen molar-refractivity contribution in [2.24, 2.45) is 23.5 Å². The molecule has 0 aromatic heterocycles. The number of esters is 2. The molecule has 5 N–H and O–H groups in total. The molecular formula is C34H42Cl2N2O10. The van der Waals surface area contributed by atoms with Gasteiger partial charge in [0, 0.05) is 18.3 Å². The second kappa shape index (κ2) is 16.8. The Balaban J connectivity index is 1.89. The number of hydrogen-bond acceptors (Lipinski definition) is 10. The van der Waals surface area contributed by atoms with Crippen LogP contribution in [0.25, 0.3) is 0 Å². The second-order valence-electron chi connectivity index (χ2n) is 12.1. The standard InChI is InChI=1S/C34H42Cl2N2O10/c1-19-28(32(43)45-2)34(24(31(41)42)17-27(39)40,23-6-3-7-25(35)30(23)36)29(26(38-19)18-47-16-15-46-14-12-37)33(44)48-13-4-5-22(20-8-9-20)21-10-11-21/h3,6-7,17,20-22,38H,4-5,8-16,18,37H2,1-2H3,(H,39,40)(H,41,42)/b24-17+. The van der Waals surface area contributed by atoms with Crippen LogP contribution in [0.3, 0.4) is 0 Å². The number of dihydropyridines is 1. The summed E-state index contributed by atoms with van der Waals surface area (Å²) in [6, 6.07) is 4.25. The number of rotatable bonds is 19. The zero-order valence-corrected chi connectivity index (χ0v) is 28.5. The van der Waals surface area contributed by atoms with Crippen molar-refractivity contribution < 1.29 is 48.3 Å². The Labute approximate surface area is 289 Å². The Morgan fingerprint density at radius 2 is 1.67 bits per heavy atom. The number of carbonyl (C=O) groups excluding carboxylic acids is 2. The monoisotopic (exact) mass is 708 g/mol. The molecule has 1 atom stereocenters. The van der Waals surface area contributed by atoms with Crippen molar-refractivity contribution in [1.29, 1.82) is 0 Å². The van der Waals surface area contributed by atoms with Gasteiger partial charge in [-0.05, 0) is 74.8 Å². The fourth-order valence-corrected chi connectivity index (χ4v) is 7.09. The van der Waals surface area contributed by atoms with E-state index >= 15 is 0 Å². The van der Waals surface area contributed by atoms with Gasteiger partial charge >= 0.3 is 23.9 Å². The van der Waals surface area contributed by atoms with Crippen molar-refractivity contribution >= 4 is 47.1 Å². The van der Waals surface area contributed by atoms with Gasteiger partial charge in [0.1, 0.15) is 0 Å². The van der Waals surface area contributed by atoms with E-state index < -0.39 is 46.0 Å². The number of nitrogens with one attached hydrogen (secondary N) is 1. The summed E-state index contributed by atoms with van der Waals surface area (Å²) in [5.74, 6) is -3.49. The van der Waals surface area contributed by atoms with Gasteiger partial charge in [0.2, 0.25) is 0 Å². The maximum absolute atomic E-state index is 14.4. The number of halogens is 2. The predicted molar refractivity (Wildman–Crippen MR) is 176 cm³/mol. The minimum atomic E-state index is -2.48. The minimum absolute atomic E-state index is 0.000000797. The van der Waals surface area contributed by atoms with E-state index in [2.05, 4.69) is 5.32 Å². The summed E-state index contributed by atoms with van der Waals surface area (Å²) in [6.07, 6.45) is 6.68. The Hall–Kier alpha value is -3.42. The molecule has 2 saturated carbocycles. The first-order valence-corrected chi connectivity index (χ1v) is 16.7. The molecule has 3 aliphatic rings. The van der Waals surface area contributed by atoms with E-state index in [9.17, 15) is 29.4 Å². The summed E-state index contributed by atoms with van der Waals surface area (Å²) in [7, 11) is 1.08. The lowest BCUT2D eigenvalue weighted by Crippen LogP contribution is -2.49. The first-order chi connectivity index (χ1) is 23.0. The van der Waals surface area contributed by atoms with E-state index in [1.54, 1.807) is 0 Å². The maximum atomic E-state index is 14.4. The third-order valence-electron chi connectivity index (χ3n) is 8.87. The molecule has 1 aromatic rings. The highest BCUT2D eigenvalue weighted by atomic mass is 35.5. The molecule has 14 heteroatoms. The van der Waals surface area contributed by atoms with Crippen LogP contribution in [0.5, 0.6) is 0 Å². The molecular weight excluding hydrogens is 667 g/mol. The van der Waals surface area contributed by atoms with Crippen LogP contribution in [-0.2, 0) is 43.5 Å². The number of carboxylic acids is 2. The van der Waals surface area contributed by atoms with Gasteiger partial charge < -0.3 is 40.2 Å². The Morgan fingerprint density at radius 1 is 1.00 bits per heavy atom. The first-order valence-electron chi connectivity index (χ1n) is 15.9. The summed E-state index contributed by atoms with van der Waals surface area (Å²) in [5.41, 5.74) is 1.25. The number of carbonyl (C=O) groups is 4. The van der Waals surface area contributed by atoms with Crippen LogP contribution in [0.1, 0.15) is 51.0 Å². The SMILES string of the molecule is COC(=O)C1=C(C)NC(COCCOCCN)=C(C(=O)OCCCC(C2CC2)C2CC2)C1(/C(=C/C(=O)O)C(=O)O)c1cccc(Cl)c1Cl. The number of benzene rings is 1. The molecule has 1 aromatic carbocycles.